The van der Waals surface area contributed by atoms with Gasteiger partial charge < -0.3 is 11.1 Å². The molecule has 0 atom stereocenters. The smallest absolute Gasteiger partial charge is 0.312 e. The van der Waals surface area contributed by atoms with Crippen molar-refractivity contribution in [2.45, 2.75) is 24.8 Å². The van der Waals surface area contributed by atoms with Crippen LogP contribution in [0.1, 0.15) is 13.8 Å². The van der Waals surface area contributed by atoms with Crippen molar-refractivity contribution in [3.63, 3.8) is 0 Å². The molecule has 0 fully saturated rings. The van der Waals surface area contributed by atoms with Crippen molar-refractivity contribution < 1.29 is 18.1 Å². The fraction of sp³-hybridized carbons (Fsp3) is 0.364. The highest BCUT2D eigenvalue weighted by molar-refractivity contribution is 7.89. The van der Waals surface area contributed by atoms with Crippen molar-refractivity contribution in [1.82, 2.24) is 10.0 Å². The van der Waals surface area contributed by atoms with Gasteiger partial charge in [-0.15, -0.1) is 0 Å². The maximum atomic E-state index is 12.0. The van der Waals surface area contributed by atoms with Crippen molar-refractivity contribution in [2.75, 3.05) is 12.3 Å². The standard InChI is InChI=1S/C11H16N4O5S/c1-7(2)14-10(16)6-13-21(19,20)9-5-3-4-8(12)11(9)15(17)18/h3-5,7,13H,6,12H2,1-2H3,(H,14,16). The fourth-order valence-electron chi connectivity index (χ4n) is 1.56. The first kappa shape index (κ1) is 16.9. The van der Waals surface area contributed by atoms with E-state index in [9.17, 15) is 23.3 Å². The van der Waals surface area contributed by atoms with Crippen LogP contribution in [0.2, 0.25) is 0 Å². The van der Waals surface area contributed by atoms with Crippen molar-refractivity contribution in [3.05, 3.63) is 28.3 Å². The van der Waals surface area contributed by atoms with Crippen LogP contribution in [0.15, 0.2) is 23.1 Å². The molecule has 0 aliphatic rings. The Balaban J connectivity index is 3.02. The molecule has 0 bridgehead atoms. The molecule has 0 saturated carbocycles. The number of carbonyl (C=O) groups is 1. The van der Waals surface area contributed by atoms with Gasteiger partial charge in [-0.3, -0.25) is 14.9 Å². The lowest BCUT2D eigenvalue weighted by Crippen LogP contribution is -2.39. The molecule has 0 unspecified atom stereocenters. The summed E-state index contributed by atoms with van der Waals surface area (Å²) < 4.78 is 26.1. The molecule has 21 heavy (non-hydrogen) atoms. The summed E-state index contributed by atoms with van der Waals surface area (Å²) in [5, 5.41) is 13.4. The van der Waals surface area contributed by atoms with Gasteiger partial charge in [-0.25, -0.2) is 13.1 Å². The van der Waals surface area contributed by atoms with Gasteiger partial charge in [-0.2, -0.15) is 0 Å². The van der Waals surface area contributed by atoms with Crippen LogP contribution in [0.4, 0.5) is 11.4 Å². The van der Waals surface area contributed by atoms with Crippen LogP contribution in [-0.4, -0.2) is 31.8 Å². The minimum Gasteiger partial charge on any atom is -0.393 e. The molecule has 0 radical (unpaired) electrons. The Morgan fingerprint density at radius 1 is 1.43 bits per heavy atom. The summed E-state index contributed by atoms with van der Waals surface area (Å²) in [6.07, 6.45) is 0. The van der Waals surface area contributed by atoms with E-state index >= 15 is 0 Å². The van der Waals surface area contributed by atoms with Gasteiger partial charge in [0.15, 0.2) is 4.90 Å². The molecule has 116 valence electrons. The van der Waals surface area contributed by atoms with E-state index in [-0.39, 0.29) is 11.7 Å². The molecule has 0 aromatic heterocycles. The highest BCUT2D eigenvalue weighted by Gasteiger charge is 2.28. The number of para-hydroxylation sites is 1. The maximum absolute atomic E-state index is 12.0. The first-order chi connectivity index (χ1) is 9.65. The van der Waals surface area contributed by atoms with Gasteiger partial charge in [0.05, 0.1) is 11.5 Å². The van der Waals surface area contributed by atoms with Crippen LogP contribution < -0.4 is 15.8 Å². The number of nitrogens with two attached hydrogens (primary N) is 1. The number of rotatable bonds is 6. The first-order valence-corrected chi connectivity index (χ1v) is 7.45. The second-order valence-electron chi connectivity index (χ2n) is 4.50. The van der Waals surface area contributed by atoms with E-state index in [2.05, 4.69) is 5.32 Å². The minimum atomic E-state index is -4.22. The Bertz CT molecular complexity index is 657. The highest BCUT2D eigenvalue weighted by Crippen LogP contribution is 2.29. The van der Waals surface area contributed by atoms with Gasteiger partial charge in [0.25, 0.3) is 0 Å². The SMILES string of the molecule is CC(C)NC(=O)CNS(=O)(=O)c1cccc(N)c1[N+](=O)[O-]. The summed E-state index contributed by atoms with van der Waals surface area (Å²) in [6, 6.07) is 3.41. The van der Waals surface area contributed by atoms with E-state index in [1.807, 2.05) is 4.72 Å². The normalized spacial score (nSPS) is 11.4. The lowest BCUT2D eigenvalue weighted by Gasteiger charge is -2.10. The quantitative estimate of drug-likeness (QED) is 0.382. The molecule has 0 aliphatic heterocycles. The molecule has 0 aliphatic carbocycles. The molecule has 9 nitrogen and oxygen atoms in total. The van der Waals surface area contributed by atoms with Crippen LogP contribution in [0.3, 0.4) is 0 Å². The van der Waals surface area contributed by atoms with Gasteiger partial charge >= 0.3 is 5.69 Å². The van der Waals surface area contributed by atoms with Crippen LogP contribution >= 0.6 is 0 Å². The summed E-state index contributed by atoms with van der Waals surface area (Å²) in [5.41, 5.74) is 4.45. The molecular weight excluding hydrogens is 300 g/mol. The lowest BCUT2D eigenvalue weighted by atomic mass is 10.3. The zero-order chi connectivity index (χ0) is 16.2. The minimum absolute atomic E-state index is 0.149. The van der Waals surface area contributed by atoms with Crippen molar-refractivity contribution >= 4 is 27.3 Å². The molecule has 1 amide bonds. The molecule has 0 saturated heterocycles. The molecule has 0 heterocycles. The predicted octanol–water partition coefficient (Wildman–Crippen LogP) is -0.0201. The number of amides is 1. The van der Waals surface area contributed by atoms with Crippen LogP contribution in [0.5, 0.6) is 0 Å². The Morgan fingerprint density at radius 2 is 2.05 bits per heavy atom. The third-order valence-corrected chi connectivity index (χ3v) is 3.81. The van der Waals surface area contributed by atoms with Crippen LogP contribution in [0.25, 0.3) is 0 Å². The summed E-state index contributed by atoms with van der Waals surface area (Å²) >= 11 is 0. The lowest BCUT2D eigenvalue weighted by molar-refractivity contribution is -0.386. The molecular formula is C11H16N4O5S. The van der Waals surface area contributed by atoms with Crippen LogP contribution in [-0.2, 0) is 14.8 Å². The number of nitrogens with zero attached hydrogens (tertiary/aromatic N) is 1. The number of nitrogens with one attached hydrogen (secondary N) is 2. The third-order valence-electron chi connectivity index (χ3n) is 2.37. The molecule has 1 aromatic rings. The van der Waals surface area contributed by atoms with Crippen molar-refractivity contribution in [1.29, 1.82) is 0 Å². The van der Waals surface area contributed by atoms with Gasteiger partial charge in [0.2, 0.25) is 15.9 Å². The topological polar surface area (TPSA) is 144 Å². The first-order valence-electron chi connectivity index (χ1n) is 5.97. The average Bonchev–Trinajstić information content (AvgIpc) is 2.35. The number of anilines is 1. The summed E-state index contributed by atoms with van der Waals surface area (Å²) in [5.74, 6) is -0.542. The average molecular weight is 316 g/mol. The van der Waals surface area contributed by atoms with Crippen molar-refractivity contribution in [3.8, 4) is 0 Å². The second kappa shape index (κ2) is 6.50. The summed E-state index contributed by atoms with van der Waals surface area (Å²) in [6.45, 7) is 2.91. The van der Waals surface area contributed by atoms with E-state index in [4.69, 9.17) is 5.73 Å². The number of nitro benzene ring substituents is 1. The molecule has 1 aromatic carbocycles. The predicted molar refractivity (Wildman–Crippen MR) is 76.0 cm³/mol. The van der Waals surface area contributed by atoms with E-state index < -0.39 is 38.0 Å². The van der Waals surface area contributed by atoms with Gasteiger partial charge in [0.1, 0.15) is 5.69 Å². The van der Waals surface area contributed by atoms with E-state index in [1.165, 1.54) is 12.1 Å². The second-order valence-corrected chi connectivity index (χ2v) is 6.23. The summed E-state index contributed by atoms with van der Waals surface area (Å²) in [4.78, 5) is 20.9. The number of sulfonamides is 1. The Hall–Kier alpha value is -2.20. The number of carbonyl (C=O) groups excluding carboxylic acids is 1. The van der Waals surface area contributed by atoms with E-state index in [0.717, 1.165) is 6.07 Å². The molecule has 10 heteroatoms. The molecule has 0 spiro atoms. The Morgan fingerprint density at radius 3 is 2.57 bits per heavy atom. The molecule has 4 N–H and O–H groups in total. The van der Waals surface area contributed by atoms with Gasteiger partial charge in [0, 0.05) is 6.04 Å². The number of benzene rings is 1. The zero-order valence-electron chi connectivity index (χ0n) is 11.5. The monoisotopic (exact) mass is 316 g/mol. The Labute approximate surface area is 121 Å². The van der Waals surface area contributed by atoms with Crippen LogP contribution in [0, 0.1) is 10.1 Å². The van der Waals surface area contributed by atoms with E-state index in [1.54, 1.807) is 13.8 Å². The number of hydrogen-bond donors (Lipinski definition) is 3. The largest absolute Gasteiger partial charge is 0.393 e. The Kier molecular flexibility index (Phi) is 5.22. The zero-order valence-corrected chi connectivity index (χ0v) is 12.3. The highest BCUT2D eigenvalue weighted by atomic mass is 32.2. The molecule has 1 rings (SSSR count). The van der Waals surface area contributed by atoms with Gasteiger partial charge in [-0.05, 0) is 26.0 Å². The number of nitrogen functional groups attached to an aromatic ring is 1. The third kappa shape index (κ3) is 4.39. The van der Waals surface area contributed by atoms with E-state index in [0.29, 0.717) is 0 Å². The van der Waals surface area contributed by atoms with Crippen molar-refractivity contribution in [2.24, 2.45) is 0 Å². The number of hydrogen-bond acceptors (Lipinski definition) is 6. The summed E-state index contributed by atoms with van der Waals surface area (Å²) in [7, 11) is -4.22. The maximum Gasteiger partial charge on any atom is 0.312 e. The number of nitro groups is 1. The fourth-order valence-corrected chi connectivity index (χ4v) is 2.74. The van der Waals surface area contributed by atoms with Gasteiger partial charge in [-0.1, -0.05) is 6.07 Å².